The van der Waals surface area contributed by atoms with Gasteiger partial charge in [-0.15, -0.1) is 0 Å². The molecule has 0 heterocycles. The van der Waals surface area contributed by atoms with Gasteiger partial charge >= 0.3 is 0 Å². The summed E-state index contributed by atoms with van der Waals surface area (Å²) < 4.78 is 16.0. The summed E-state index contributed by atoms with van der Waals surface area (Å²) in [7, 11) is 3.22. The van der Waals surface area contributed by atoms with Crippen LogP contribution >= 0.6 is 11.6 Å². The summed E-state index contributed by atoms with van der Waals surface area (Å²) in [6.07, 6.45) is 1.43. The lowest BCUT2D eigenvalue weighted by atomic mass is 10.1. The average Bonchev–Trinajstić information content (AvgIpc) is 2.57. The van der Waals surface area contributed by atoms with Crippen LogP contribution < -0.4 is 26.3 Å². The van der Waals surface area contributed by atoms with E-state index in [9.17, 15) is 0 Å². The summed E-state index contributed by atoms with van der Waals surface area (Å²) in [6.45, 7) is 4.80. The summed E-state index contributed by atoms with van der Waals surface area (Å²) in [6, 6.07) is 5.59. The molecule has 1 unspecified atom stereocenters. The molecule has 0 amide bonds. The minimum absolute atomic E-state index is 0.155. The SMILES string of the molecule is CCOC(C)C(/C=C(\N)NCc1ccc(OC)cc1OC)=C(/N)Cl. The zero-order valence-corrected chi connectivity index (χ0v) is 15.3. The zero-order chi connectivity index (χ0) is 18.1. The van der Waals surface area contributed by atoms with Crippen LogP contribution in [0.5, 0.6) is 11.5 Å². The first-order chi connectivity index (χ1) is 11.4. The molecule has 0 aliphatic rings. The van der Waals surface area contributed by atoms with Gasteiger partial charge in [0.1, 0.15) is 16.7 Å². The molecule has 0 aliphatic carbocycles. The van der Waals surface area contributed by atoms with Gasteiger partial charge in [-0.1, -0.05) is 11.6 Å². The Balaban J connectivity index is 2.84. The molecule has 0 fully saturated rings. The average molecular weight is 356 g/mol. The molecule has 0 radical (unpaired) electrons. The molecule has 1 aromatic carbocycles. The second-order valence-electron chi connectivity index (χ2n) is 5.03. The van der Waals surface area contributed by atoms with E-state index in [1.807, 2.05) is 32.0 Å². The predicted octanol–water partition coefficient (Wildman–Crippen LogP) is 2.43. The van der Waals surface area contributed by atoms with Gasteiger partial charge in [0.25, 0.3) is 0 Å². The van der Waals surface area contributed by atoms with E-state index in [0.29, 0.717) is 30.3 Å². The van der Waals surface area contributed by atoms with E-state index >= 15 is 0 Å². The highest BCUT2D eigenvalue weighted by Crippen LogP contribution is 2.24. The molecule has 0 saturated heterocycles. The molecule has 5 N–H and O–H groups in total. The lowest BCUT2D eigenvalue weighted by Gasteiger charge is -2.16. The van der Waals surface area contributed by atoms with E-state index in [4.69, 9.17) is 37.3 Å². The van der Waals surface area contributed by atoms with Gasteiger partial charge < -0.3 is 31.0 Å². The Hall–Kier alpha value is -2.05. The van der Waals surface area contributed by atoms with E-state index < -0.39 is 0 Å². The van der Waals surface area contributed by atoms with Gasteiger partial charge in [0.2, 0.25) is 0 Å². The van der Waals surface area contributed by atoms with E-state index in [2.05, 4.69) is 5.32 Å². The fourth-order valence-electron chi connectivity index (χ4n) is 2.13. The number of halogens is 1. The largest absolute Gasteiger partial charge is 0.497 e. The van der Waals surface area contributed by atoms with Gasteiger partial charge in [0.05, 0.1) is 26.1 Å². The maximum Gasteiger partial charge on any atom is 0.127 e. The molecular formula is C17H26ClN3O3. The van der Waals surface area contributed by atoms with E-state index in [1.54, 1.807) is 20.3 Å². The molecule has 134 valence electrons. The van der Waals surface area contributed by atoms with Crippen molar-refractivity contribution in [2.24, 2.45) is 11.5 Å². The van der Waals surface area contributed by atoms with Crippen molar-refractivity contribution in [2.45, 2.75) is 26.5 Å². The second kappa shape index (κ2) is 9.95. The minimum atomic E-state index is -0.247. The smallest absolute Gasteiger partial charge is 0.127 e. The van der Waals surface area contributed by atoms with Crippen molar-refractivity contribution in [1.29, 1.82) is 0 Å². The Bertz CT molecular complexity index is 599. The van der Waals surface area contributed by atoms with Crippen LogP contribution in [0.25, 0.3) is 0 Å². The predicted molar refractivity (Wildman–Crippen MR) is 96.8 cm³/mol. The number of methoxy groups -OCH3 is 2. The lowest BCUT2D eigenvalue weighted by molar-refractivity contribution is 0.103. The normalized spacial score (nSPS) is 14.0. The molecule has 0 aromatic heterocycles. The fourth-order valence-corrected chi connectivity index (χ4v) is 2.34. The summed E-state index contributed by atoms with van der Waals surface area (Å²) in [5, 5.41) is 3.26. The van der Waals surface area contributed by atoms with Crippen LogP contribution in [0.4, 0.5) is 0 Å². The Morgan fingerprint density at radius 1 is 1.29 bits per heavy atom. The van der Waals surface area contributed by atoms with Crippen molar-refractivity contribution in [1.82, 2.24) is 5.32 Å². The third-order valence-corrected chi connectivity index (χ3v) is 3.64. The Morgan fingerprint density at radius 2 is 2.00 bits per heavy atom. The first kappa shape index (κ1) is 20.0. The quantitative estimate of drug-likeness (QED) is 0.465. The van der Waals surface area contributed by atoms with Crippen molar-refractivity contribution in [3.05, 3.63) is 46.4 Å². The van der Waals surface area contributed by atoms with Gasteiger partial charge in [-0.05, 0) is 32.1 Å². The molecule has 6 nitrogen and oxygen atoms in total. The molecule has 0 spiro atoms. The number of nitrogens with two attached hydrogens (primary N) is 2. The van der Waals surface area contributed by atoms with Crippen molar-refractivity contribution in [3.63, 3.8) is 0 Å². The zero-order valence-electron chi connectivity index (χ0n) is 14.6. The van der Waals surface area contributed by atoms with E-state index in [-0.39, 0.29) is 11.3 Å². The third kappa shape index (κ3) is 5.86. The first-order valence-electron chi connectivity index (χ1n) is 7.61. The molecule has 1 aromatic rings. The molecule has 7 heteroatoms. The molecule has 1 rings (SSSR count). The van der Waals surface area contributed by atoms with E-state index in [1.165, 1.54) is 0 Å². The monoisotopic (exact) mass is 355 g/mol. The Kier molecular flexibility index (Phi) is 8.29. The molecule has 1 atom stereocenters. The van der Waals surface area contributed by atoms with Crippen molar-refractivity contribution in [2.75, 3.05) is 20.8 Å². The Labute approximate surface area is 148 Å². The highest BCUT2D eigenvalue weighted by Gasteiger charge is 2.11. The number of hydrogen-bond donors (Lipinski definition) is 3. The highest BCUT2D eigenvalue weighted by atomic mass is 35.5. The van der Waals surface area contributed by atoms with Crippen LogP contribution in [0.3, 0.4) is 0 Å². The molecular weight excluding hydrogens is 330 g/mol. The second-order valence-corrected chi connectivity index (χ2v) is 5.44. The van der Waals surface area contributed by atoms with Crippen LogP contribution in [0, 0.1) is 0 Å². The number of ether oxygens (including phenoxy) is 3. The van der Waals surface area contributed by atoms with Gasteiger partial charge in [0.15, 0.2) is 0 Å². The van der Waals surface area contributed by atoms with E-state index in [0.717, 1.165) is 11.3 Å². The van der Waals surface area contributed by atoms with Crippen LogP contribution in [-0.2, 0) is 11.3 Å². The summed E-state index contributed by atoms with van der Waals surface area (Å²) in [5.41, 5.74) is 13.3. The van der Waals surface area contributed by atoms with Crippen LogP contribution in [0.1, 0.15) is 19.4 Å². The fraction of sp³-hybridized carbons (Fsp3) is 0.412. The van der Waals surface area contributed by atoms with Crippen molar-refractivity contribution < 1.29 is 14.2 Å². The van der Waals surface area contributed by atoms with Crippen molar-refractivity contribution >= 4 is 11.6 Å². The molecule has 24 heavy (non-hydrogen) atoms. The van der Waals surface area contributed by atoms with Crippen LogP contribution in [-0.4, -0.2) is 26.9 Å². The van der Waals surface area contributed by atoms with Crippen molar-refractivity contribution in [3.8, 4) is 11.5 Å². The number of hydrogen-bond acceptors (Lipinski definition) is 6. The highest BCUT2D eigenvalue weighted by molar-refractivity contribution is 6.29. The molecule has 0 bridgehead atoms. The Morgan fingerprint density at radius 3 is 2.54 bits per heavy atom. The topological polar surface area (TPSA) is 91.8 Å². The maximum absolute atomic E-state index is 6.02. The molecule has 0 saturated carbocycles. The standard InChI is InChI=1S/C17H26ClN3O3/c1-5-24-11(2)14(17(18)20)9-16(19)21-10-12-6-7-13(22-3)8-15(12)23-4/h6-9,11,21H,5,10,19-20H2,1-4H3/b16-9+,17-14+. The summed E-state index contributed by atoms with van der Waals surface area (Å²) >= 11 is 5.93. The van der Waals surface area contributed by atoms with Gasteiger partial charge in [-0.2, -0.15) is 0 Å². The summed E-state index contributed by atoms with van der Waals surface area (Å²) in [4.78, 5) is 0. The lowest BCUT2D eigenvalue weighted by Crippen LogP contribution is -2.22. The third-order valence-electron chi connectivity index (χ3n) is 3.42. The first-order valence-corrected chi connectivity index (χ1v) is 7.99. The van der Waals surface area contributed by atoms with Gasteiger partial charge in [-0.25, -0.2) is 0 Å². The number of nitrogens with one attached hydrogen (secondary N) is 1. The van der Waals surface area contributed by atoms with Gasteiger partial charge in [-0.3, -0.25) is 0 Å². The van der Waals surface area contributed by atoms with Gasteiger partial charge in [0, 0.05) is 30.4 Å². The number of rotatable bonds is 9. The minimum Gasteiger partial charge on any atom is -0.497 e. The summed E-state index contributed by atoms with van der Waals surface area (Å²) in [5.74, 6) is 1.87. The number of benzene rings is 1. The van der Waals surface area contributed by atoms with Crippen LogP contribution in [0.15, 0.2) is 40.8 Å². The molecule has 0 aliphatic heterocycles. The maximum atomic E-state index is 6.02. The van der Waals surface area contributed by atoms with Crippen LogP contribution in [0.2, 0.25) is 0 Å².